The molecule has 0 amide bonds. The average Bonchev–Trinajstić information content (AvgIpc) is 3.14. The highest BCUT2D eigenvalue weighted by molar-refractivity contribution is 5.73. The van der Waals surface area contributed by atoms with Crippen LogP contribution in [0.25, 0.3) is 5.57 Å². The Morgan fingerprint density at radius 3 is 2.53 bits per heavy atom. The van der Waals surface area contributed by atoms with Crippen LogP contribution in [0.1, 0.15) is 85.6 Å². The molecule has 5 unspecified atom stereocenters. The van der Waals surface area contributed by atoms with Gasteiger partial charge in [-0.15, -0.1) is 0 Å². The molecule has 3 fully saturated rings. The summed E-state index contributed by atoms with van der Waals surface area (Å²) in [5.41, 5.74) is 3.24. The molecule has 2 saturated carbocycles. The monoisotopic (exact) mass is 411 g/mol. The van der Waals surface area contributed by atoms with Gasteiger partial charge in [-0.05, 0) is 83.8 Å². The van der Waals surface area contributed by atoms with Gasteiger partial charge in [0.1, 0.15) is 0 Å². The van der Waals surface area contributed by atoms with Crippen molar-refractivity contribution in [2.24, 2.45) is 34.5 Å². The van der Waals surface area contributed by atoms with Crippen LogP contribution in [0.4, 0.5) is 0 Å². The van der Waals surface area contributed by atoms with E-state index in [1.807, 2.05) is 40.1 Å². The number of ether oxygens (including phenoxy) is 1. The van der Waals surface area contributed by atoms with Crippen LogP contribution >= 0.6 is 0 Å². The molecular weight excluding hydrogens is 370 g/mol. The lowest BCUT2D eigenvalue weighted by Gasteiger charge is -2.59. The summed E-state index contributed by atoms with van der Waals surface area (Å²) < 4.78 is 5.42. The van der Waals surface area contributed by atoms with Gasteiger partial charge >= 0.3 is 5.97 Å². The Bertz CT molecular complexity index is 757. The third kappa shape index (κ3) is 3.63. The highest BCUT2D eigenvalue weighted by Gasteiger charge is 2.59. The molecule has 166 valence electrons. The number of fused-ring (bicyclic) bond motifs is 5. The van der Waals surface area contributed by atoms with E-state index in [0.717, 1.165) is 5.92 Å². The summed E-state index contributed by atoms with van der Waals surface area (Å²) in [6, 6.07) is 4.27. The van der Waals surface area contributed by atoms with Gasteiger partial charge in [0.05, 0.1) is 13.0 Å². The summed E-state index contributed by atoms with van der Waals surface area (Å²) in [4.78, 5) is 16.4. The molecule has 1 aliphatic heterocycles. The topological polar surface area (TPSA) is 39.2 Å². The third-order valence-corrected chi connectivity index (χ3v) is 8.59. The number of aromatic nitrogens is 1. The molecule has 4 aliphatic rings. The van der Waals surface area contributed by atoms with Gasteiger partial charge in [-0.2, -0.15) is 0 Å². The van der Waals surface area contributed by atoms with Crippen LogP contribution in [0.2, 0.25) is 0 Å². The number of pyridine rings is 1. The fourth-order valence-electron chi connectivity index (χ4n) is 7.18. The van der Waals surface area contributed by atoms with Crippen molar-refractivity contribution in [3.63, 3.8) is 0 Å². The molecule has 0 radical (unpaired) electrons. The van der Waals surface area contributed by atoms with E-state index in [0.29, 0.717) is 30.8 Å². The standard InChI is InChI=1S/C23H29NO2.2C2H6/c1-22-10-9-20-17(6-5-16-14-26-21(25)12-23(16,20)2)19(22)8-7-18(22)15-4-3-11-24-13-15;2*1-2/h3-4,7,11,13,16-17,19-20H,5-6,8-10,12,14H2,1-2H3;2*1-2H3/t16?,17?,19-,20?,22?,23?;;/m0../s1. The fourth-order valence-corrected chi connectivity index (χ4v) is 7.18. The largest absolute Gasteiger partial charge is 0.465 e. The van der Waals surface area contributed by atoms with Crippen LogP contribution in [0.5, 0.6) is 0 Å². The van der Waals surface area contributed by atoms with Crippen LogP contribution in [0.3, 0.4) is 0 Å². The summed E-state index contributed by atoms with van der Waals surface area (Å²) in [7, 11) is 0. The van der Waals surface area contributed by atoms with Crippen molar-refractivity contribution in [2.45, 2.75) is 80.1 Å². The summed E-state index contributed by atoms with van der Waals surface area (Å²) in [6.07, 6.45) is 13.2. The number of cyclic esters (lactones) is 1. The second-order valence-electron chi connectivity index (χ2n) is 9.57. The zero-order valence-corrected chi connectivity index (χ0v) is 19.9. The molecule has 2 heterocycles. The Morgan fingerprint density at radius 2 is 1.83 bits per heavy atom. The molecule has 1 aromatic heterocycles. The summed E-state index contributed by atoms with van der Waals surface area (Å²) >= 11 is 0. The molecular formula is C27H41NO2. The summed E-state index contributed by atoms with van der Waals surface area (Å²) in [6.45, 7) is 13.5. The van der Waals surface area contributed by atoms with E-state index in [2.05, 4.69) is 37.0 Å². The van der Waals surface area contributed by atoms with E-state index >= 15 is 0 Å². The maximum Gasteiger partial charge on any atom is 0.306 e. The van der Waals surface area contributed by atoms with E-state index < -0.39 is 0 Å². The molecule has 0 aromatic carbocycles. The zero-order chi connectivity index (χ0) is 21.9. The summed E-state index contributed by atoms with van der Waals surface area (Å²) in [5, 5.41) is 0. The van der Waals surface area contributed by atoms with Gasteiger partial charge in [0.2, 0.25) is 0 Å². The molecule has 3 aliphatic carbocycles. The van der Waals surface area contributed by atoms with E-state index in [4.69, 9.17) is 4.74 Å². The van der Waals surface area contributed by atoms with Crippen molar-refractivity contribution in [3.05, 3.63) is 36.2 Å². The van der Waals surface area contributed by atoms with E-state index in [9.17, 15) is 4.79 Å². The van der Waals surface area contributed by atoms with Crippen molar-refractivity contribution in [1.29, 1.82) is 0 Å². The van der Waals surface area contributed by atoms with Crippen molar-refractivity contribution in [3.8, 4) is 0 Å². The van der Waals surface area contributed by atoms with Crippen LogP contribution in [0.15, 0.2) is 30.6 Å². The molecule has 5 rings (SSSR count). The van der Waals surface area contributed by atoms with Crippen molar-refractivity contribution >= 4 is 11.5 Å². The number of carbonyl (C=O) groups is 1. The zero-order valence-electron chi connectivity index (χ0n) is 19.9. The van der Waals surface area contributed by atoms with E-state index in [-0.39, 0.29) is 16.8 Å². The fraction of sp³-hybridized carbons (Fsp3) is 0.704. The predicted octanol–water partition coefficient (Wildman–Crippen LogP) is 6.93. The first-order valence-electron chi connectivity index (χ1n) is 12.3. The van der Waals surface area contributed by atoms with E-state index in [1.54, 1.807) is 0 Å². The first kappa shape index (κ1) is 23.0. The smallest absolute Gasteiger partial charge is 0.306 e. The summed E-state index contributed by atoms with van der Waals surface area (Å²) in [5.74, 6) is 2.73. The minimum absolute atomic E-state index is 0.0262. The maximum absolute atomic E-state index is 12.1. The highest BCUT2D eigenvalue weighted by Crippen LogP contribution is 2.66. The molecule has 6 atom stereocenters. The molecule has 3 heteroatoms. The molecule has 30 heavy (non-hydrogen) atoms. The normalized spacial score (nSPS) is 38.9. The number of allylic oxidation sites excluding steroid dienone is 2. The average molecular weight is 412 g/mol. The first-order chi connectivity index (χ1) is 14.5. The Hall–Kier alpha value is -1.64. The van der Waals surface area contributed by atoms with Gasteiger partial charge in [-0.3, -0.25) is 9.78 Å². The number of nitrogens with zero attached hydrogens (tertiary/aromatic N) is 1. The second kappa shape index (κ2) is 9.24. The molecule has 0 bridgehead atoms. The lowest BCUT2D eigenvalue weighted by molar-refractivity contribution is -0.175. The van der Waals surface area contributed by atoms with Crippen molar-refractivity contribution < 1.29 is 9.53 Å². The number of esters is 1. The van der Waals surface area contributed by atoms with Gasteiger partial charge < -0.3 is 4.74 Å². The SMILES string of the molecule is CC.CC.CC12CC(=O)OCC1CCC1C2CCC2(C)C(c3cccnc3)=CC[C@@H]12. The Labute approximate surface area is 183 Å². The minimum atomic E-state index is 0.0262. The lowest BCUT2D eigenvalue weighted by Crippen LogP contribution is -2.54. The number of hydrogen-bond acceptors (Lipinski definition) is 3. The quantitative estimate of drug-likeness (QED) is 0.470. The van der Waals surface area contributed by atoms with Gasteiger partial charge in [0.15, 0.2) is 0 Å². The Balaban J connectivity index is 0.000000606. The molecule has 0 spiro atoms. The van der Waals surface area contributed by atoms with Gasteiger partial charge in [-0.25, -0.2) is 0 Å². The molecule has 1 saturated heterocycles. The third-order valence-electron chi connectivity index (χ3n) is 8.59. The molecule has 0 N–H and O–H groups in total. The van der Waals surface area contributed by atoms with Crippen LogP contribution in [0, 0.1) is 34.5 Å². The van der Waals surface area contributed by atoms with Crippen LogP contribution in [-0.4, -0.2) is 17.6 Å². The Kier molecular flexibility index (Phi) is 7.09. The van der Waals surface area contributed by atoms with Crippen LogP contribution < -0.4 is 0 Å². The van der Waals surface area contributed by atoms with Crippen molar-refractivity contribution in [1.82, 2.24) is 4.98 Å². The van der Waals surface area contributed by atoms with Crippen molar-refractivity contribution in [2.75, 3.05) is 6.61 Å². The van der Waals surface area contributed by atoms with Gasteiger partial charge in [0, 0.05) is 12.4 Å². The predicted molar refractivity (Wildman–Crippen MR) is 124 cm³/mol. The van der Waals surface area contributed by atoms with Gasteiger partial charge in [0.25, 0.3) is 0 Å². The number of rotatable bonds is 1. The first-order valence-corrected chi connectivity index (χ1v) is 12.3. The molecule has 1 aromatic rings. The Morgan fingerprint density at radius 1 is 1.07 bits per heavy atom. The van der Waals surface area contributed by atoms with Gasteiger partial charge in [-0.1, -0.05) is 53.7 Å². The van der Waals surface area contributed by atoms with E-state index in [1.165, 1.54) is 43.2 Å². The molecule has 3 nitrogen and oxygen atoms in total. The minimum Gasteiger partial charge on any atom is -0.465 e. The lowest BCUT2D eigenvalue weighted by atomic mass is 9.46. The highest BCUT2D eigenvalue weighted by atomic mass is 16.5. The number of carbonyl (C=O) groups excluding carboxylic acids is 1. The number of hydrogen-bond donors (Lipinski definition) is 0. The van der Waals surface area contributed by atoms with Crippen LogP contribution in [-0.2, 0) is 9.53 Å². The second-order valence-corrected chi connectivity index (χ2v) is 9.57. The maximum atomic E-state index is 12.1.